The summed E-state index contributed by atoms with van der Waals surface area (Å²) in [6.07, 6.45) is -3.87. The van der Waals surface area contributed by atoms with Crippen LogP contribution in [0.25, 0.3) is 10.8 Å². The van der Waals surface area contributed by atoms with E-state index in [1.54, 1.807) is 6.20 Å². The van der Waals surface area contributed by atoms with E-state index >= 15 is 0 Å². The Morgan fingerprint density at radius 1 is 1.05 bits per heavy atom. The standard InChI is InChI=1S/C27H27F3N6O2/c1-17-23-15-32-24(36-7-9-37-10-8-36)14-22(23)26(35-34-17)33-25(31)19-11-20(27(28,29)30)13-21(12-19)38-16-18-5-3-2-4-6-18/h2-6,11-15,25H,7-10,16,31H2,1H3,(H,33,35)/t25-/m0/s1. The van der Waals surface area contributed by atoms with Gasteiger partial charge in [0.05, 0.1) is 24.5 Å². The Hall–Kier alpha value is -3.96. The van der Waals surface area contributed by atoms with E-state index in [1.165, 1.54) is 6.07 Å². The molecule has 11 heteroatoms. The highest BCUT2D eigenvalue weighted by Gasteiger charge is 2.32. The van der Waals surface area contributed by atoms with Crippen molar-refractivity contribution in [3.05, 3.63) is 83.2 Å². The predicted octanol–water partition coefficient (Wildman–Crippen LogP) is 4.84. The molecule has 1 aliphatic rings. The van der Waals surface area contributed by atoms with Crippen molar-refractivity contribution in [2.75, 3.05) is 36.5 Å². The van der Waals surface area contributed by atoms with Crippen molar-refractivity contribution in [3.8, 4) is 5.75 Å². The fourth-order valence-corrected chi connectivity index (χ4v) is 4.25. The molecule has 1 aliphatic heterocycles. The summed E-state index contributed by atoms with van der Waals surface area (Å²) < 4.78 is 52.3. The van der Waals surface area contributed by atoms with E-state index in [0.29, 0.717) is 37.8 Å². The third-order valence-corrected chi connectivity index (χ3v) is 6.33. The van der Waals surface area contributed by atoms with Gasteiger partial charge in [0.25, 0.3) is 0 Å². The van der Waals surface area contributed by atoms with E-state index in [9.17, 15) is 13.2 Å². The van der Waals surface area contributed by atoms with Crippen LogP contribution in [0.4, 0.5) is 24.8 Å². The highest BCUT2D eigenvalue weighted by atomic mass is 19.4. The maximum Gasteiger partial charge on any atom is 0.416 e. The molecular weight excluding hydrogens is 497 g/mol. The minimum absolute atomic E-state index is 0.0644. The number of rotatable bonds is 7. The Morgan fingerprint density at radius 2 is 1.82 bits per heavy atom. The first kappa shape index (κ1) is 25.7. The van der Waals surface area contributed by atoms with Gasteiger partial charge in [-0.1, -0.05) is 30.3 Å². The summed E-state index contributed by atoms with van der Waals surface area (Å²) in [6.45, 7) is 4.55. The number of benzene rings is 2. The summed E-state index contributed by atoms with van der Waals surface area (Å²) in [4.78, 5) is 6.67. The summed E-state index contributed by atoms with van der Waals surface area (Å²) in [5, 5.41) is 13.0. The van der Waals surface area contributed by atoms with E-state index in [-0.39, 0.29) is 17.9 Å². The van der Waals surface area contributed by atoms with Crippen LogP contribution in [-0.4, -0.2) is 41.5 Å². The van der Waals surface area contributed by atoms with Crippen LogP contribution in [0.15, 0.2) is 60.8 Å². The van der Waals surface area contributed by atoms with Crippen LogP contribution in [0.3, 0.4) is 0 Å². The molecule has 0 radical (unpaired) electrons. The number of nitrogens with one attached hydrogen (secondary N) is 1. The Kier molecular flexibility index (Phi) is 7.30. The fourth-order valence-electron chi connectivity index (χ4n) is 4.25. The number of ether oxygens (including phenoxy) is 2. The van der Waals surface area contributed by atoms with E-state index in [0.717, 1.165) is 34.3 Å². The number of halogens is 3. The van der Waals surface area contributed by atoms with Gasteiger partial charge in [0.1, 0.15) is 24.3 Å². The number of anilines is 2. The van der Waals surface area contributed by atoms with Gasteiger partial charge >= 0.3 is 6.18 Å². The van der Waals surface area contributed by atoms with Crippen molar-refractivity contribution in [1.29, 1.82) is 0 Å². The molecule has 1 atom stereocenters. The average Bonchev–Trinajstić information content (AvgIpc) is 2.93. The molecule has 38 heavy (non-hydrogen) atoms. The largest absolute Gasteiger partial charge is 0.489 e. The van der Waals surface area contributed by atoms with Crippen molar-refractivity contribution in [2.45, 2.75) is 25.9 Å². The molecule has 198 valence electrons. The molecule has 8 nitrogen and oxygen atoms in total. The number of aromatic nitrogens is 3. The summed E-state index contributed by atoms with van der Waals surface area (Å²) in [6, 6.07) is 14.6. The smallest absolute Gasteiger partial charge is 0.416 e. The minimum atomic E-state index is -4.57. The van der Waals surface area contributed by atoms with Crippen molar-refractivity contribution in [3.63, 3.8) is 0 Å². The van der Waals surface area contributed by atoms with Gasteiger partial charge in [-0.05, 0) is 42.3 Å². The predicted molar refractivity (Wildman–Crippen MR) is 138 cm³/mol. The number of nitrogens with zero attached hydrogens (tertiary/aromatic N) is 4. The molecule has 4 aromatic rings. The maximum absolute atomic E-state index is 13.7. The van der Waals surface area contributed by atoms with Crippen LogP contribution in [0.1, 0.15) is 28.6 Å². The second kappa shape index (κ2) is 10.8. The van der Waals surface area contributed by atoms with Crippen molar-refractivity contribution in [2.24, 2.45) is 5.73 Å². The van der Waals surface area contributed by atoms with Crippen LogP contribution in [0.5, 0.6) is 5.75 Å². The van der Waals surface area contributed by atoms with Crippen LogP contribution in [0.2, 0.25) is 0 Å². The Bertz CT molecular complexity index is 1410. The zero-order valence-electron chi connectivity index (χ0n) is 20.7. The van der Waals surface area contributed by atoms with Gasteiger partial charge in [-0.2, -0.15) is 18.3 Å². The molecule has 5 rings (SSSR count). The van der Waals surface area contributed by atoms with E-state index < -0.39 is 17.9 Å². The molecule has 3 heterocycles. The average molecular weight is 525 g/mol. The minimum Gasteiger partial charge on any atom is -0.489 e. The Balaban J connectivity index is 1.45. The van der Waals surface area contributed by atoms with Gasteiger partial charge in [-0.25, -0.2) is 4.98 Å². The number of pyridine rings is 1. The fraction of sp³-hybridized carbons (Fsp3) is 0.296. The first-order chi connectivity index (χ1) is 18.3. The van der Waals surface area contributed by atoms with Gasteiger partial charge in [0.15, 0.2) is 5.82 Å². The molecule has 3 N–H and O–H groups in total. The first-order valence-electron chi connectivity index (χ1n) is 12.1. The SMILES string of the molecule is Cc1nnc(N[C@H](N)c2cc(OCc3ccccc3)cc(C(F)(F)F)c2)c2cc(N3CCOCC3)ncc12. The molecule has 0 amide bonds. The lowest BCUT2D eigenvalue weighted by Crippen LogP contribution is -2.36. The number of alkyl halides is 3. The lowest BCUT2D eigenvalue weighted by Gasteiger charge is -2.28. The van der Waals surface area contributed by atoms with E-state index in [1.807, 2.05) is 43.3 Å². The normalized spacial score (nSPS) is 14.9. The first-order valence-corrected chi connectivity index (χ1v) is 12.1. The monoisotopic (exact) mass is 524 g/mol. The molecule has 0 saturated carbocycles. The number of hydrogen-bond donors (Lipinski definition) is 2. The topological polar surface area (TPSA) is 98.4 Å². The molecule has 0 bridgehead atoms. The third kappa shape index (κ3) is 5.79. The summed E-state index contributed by atoms with van der Waals surface area (Å²) >= 11 is 0. The highest BCUT2D eigenvalue weighted by molar-refractivity contribution is 5.94. The van der Waals surface area contributed by atoms with Gasteiger partial charge < -0.3 is 25.4 Å². The van der Waals surface area contributed by atoms with Gasteiger partial charge in [0.2, 0.25) is 0 Å². The molecule has 0 spiro atoms. The lowest BCUT2D eigenvalue weighted by atomic mass is 10.1. The molecule has 1 fully saturated rings. The van der Waals surface area contributed by atoms with Crippen molar-refractivity contribution in [1.82, 2.24) is 15.2 Å². The number of morpholine rings is 1. The number of aryl methyl sites for hydroxylation is 1. The Labute approximate surface area is 217 Å². The second-order valence-electron chi connectivity index (χ2n) is 9.01. The molecular formula is C27H27F3N6O2. The van der Waals surface area contributed by atoms with Gasteiger partial charge in [-0.15, -0.1) is 5.10 Å². The maximum atomic E-state index is 13.7. The molecule has 1 saturated heterocycles. The zero-order chi connectivity index (χ0) is 26.7. The third-order valence-electron chi connectivity index (χ3n) is 6.33. The van der Waals surface area contributed by atoms with Crippen LogP contribution >= 0.6 is 0 Å². The second-order valence-corrected chi connectivity index (χ2v) is 9.01. The quantitative estimate of drug-likeness (QED) is 0.332. The highest BCUT2D eigenvalue weighted by Crippen LogP contribution is 2.35. The van der Waals surface area contributed by atoms with Gasteiger partial charge in [-0.3, -0.25) is 0 Å². The zero-order valence-corrected chi connectivity index (χ0v) is 20.7. The summed E-state index contributed by atoms with van der Waals surface area (Å²) in [5.74, 6) is 1.16. The van der Waals surface area contributed by atoms with E-state index in [2.05, 4.69) is 25.4 Å². The number of fused-ring (bicyclic) bond motifs is 1. The molecule has 0 unspecified atom stereocenters. The van der Waals surface area contributed by atoms with Crippen LogP contribution < -0.4 is 20.7 Å². The van der Waals surface area contributed by atoms with E-state index in [4.69, 9.17) is 15.2 Å². The van der Waals surface area contributed by atoms with Crippen LogP contribution in [-0.2, 0) is 17.5 Å². The molecule has 2 aromatic carbocycles. The number of nitrogens with two attached hydrogens (primary N) is 1. The van der Waals surface area contributed by atoms with Gasteiger partial charge in [0, 0.05) is 30.1 Å². The number of hydrogen-bond acceptors (Lipinski definition) is 8. The lowest BCUT2D eigenvalue weighted by molar-refractivity contribution is -0.137. The Morgan fingerprint density at radius 3 is 2.55 bits per heavy atom. The summed E-state index contributed by atoms with van der Waals surface area (Å²) in [7, 11) is 0. The summed E-state index contributed by atoms with van der Waals surface area (Å²) in [5.41, 5.74) is 7.23. The van der Waals surface area contributed by atoms with Crippen molar-refractivity contribution >= 4 is 22.4 Å². The van der Waals surface area contributed by atoms with Crippen molar-refractivity contribution < 1.29 is 22.6 Å². The molecule has 2 aromatic heterocycles. The molecule has 0 aliphatic carbocycles. The van der Waals surface area contributed by atoms with Crippen LogP contribution in [0, 0.1) is 6.92 Å².